The lowest BCUT2D eigenvalue weighted by Gasteiger charge is -2.25. The Labute approximate surface area is 115 Å². The van der Waals surface area contributed by atoms with Crippen LogP contribution in [-0.2, 0) is 16.4 Å². The largest absolute Gasteiger partial charge is 0.384 e. The van der Waals surface area contributed by atoms with Gasteiger partial charge in [-0.15, -0.1) is 0 Å². The molecule has 0 amide bonds. The van der Waals surface area contributed by atoms with E-state index in [1.54, 1.807) is 10.4 Å². The topological polar surface area (TPSA) is 49.4 Å². The van der Waals surface area contributed by atoms with E-state index in [2.05, 4.69) is 5.32 Å². The monoisotopic (exact) mass is 282 g/mol. The smallest absolute Gasteiger partial charge is 0.243 e. The average Bonchev–Trinajstić information content (AvgIpc) is 2.82. The van der Waals surface area contributed by atoms with Crippen molar-refractivity contribution in [3.8, 4) is 0 Å². The predicted molar refractivity (Wildman–Crippen MR) is 78.0 cm³/mol. The van der Waals surface area contributed by atoms with Crippen LogP contribution in [0.25, 0.3) is 0 Å². The fraction of sp³-hybridized carbons (Fsp3) is 0.571. The van der Waals surface area contributed by atoms with Gasteiger partial charge < -0.3 is 5.32 Å². The fourth-order valence-electron chi connectivity index (χ4n) is 2.45. The molecular weight excluding hydrogens is 260 g/mol. The molecule has 0 radical (unpaired) electrons. The number of nitrogens with zero attached hydrogens (tertiary/aromatic N) is 1. The van der Waals surface area contributed by atoms with Crippen molar-refractivity contribution in [2.24, 2.45) is 0 Å². The number of sulfonamides is 1. The Morgan fingerprint density at radius 1 is 1.37 bits per heavy atom. The van der Waals surface area contributed by atoms with Crippen LogP contribution >= 0.6 is 0 Å². The molecule has 0 fully saturated rings. The molecule has 1 aliphatic heterocycles. The third-order valence-electron chi connectivity index (χ3n) is 3.41. The van der Waals surface area contributed by atoms with Gasteiger partial charge >= 0.3 is 0 Å². The van der Waals surface area contributed by atoms with Gasteiger partial charge in [-0.25, -0.2) is 8.42 Å². The number of benzene rings is 1. The molecule has 0 aromatic heterocycles. The molecule has 1 aromatic carbocycles. The van der Waals surface area contributed by atoms with E-state index in [-0.39, 0.29) is 6.04 Å². The molecule has 0 saturated carbocycles. The van der Waals surface area contributed by atoms with Gasteiger partial charge in [-0.2, -0.15) is 4.31 Å². The van der Waals surface area contributed by atoms with Crippen molar-refractivity contribution < 1.29 is 8.42 Å². The average molecular weight is 282 g/mol. The van der Waals surface area contributed by atoms with Crippen molar-refractivity contribution in [1.29, 1.82) is 0 Å². The Balaban J connectivity index is 2.38. The van der Waals surface area contributed by atoms with Crippen molar-refractivity contribution in [2.75, 3.05) is 18.4 Å². The summed E-state index contributed by atoms with van der Waals surface area (Å²) >= 11 is 0. The Morgan fingerprint density at radius 2 is 2.11 bits per heavy atom. The maximum atomic E-state index is 12.7. The van der Waals surface area contributed by atoms with E-state index in [1.165, 1.54) is 0 Å². The van der Waals surface area contributed by atoms with Crippen molar-refractivity contribution in [3.63, 3.8) is 0 Å². The lowest BCUT2D eigenvalue weighted by molar-refractivity contribution is 0.354. The third kappa shape index (κ3) is 2.77. The lowest BCUT2D eigenvalue weighted by Crippen LogP contribution is -2.37. The molecule has 1 aliphatic rings. The summed E-state index contributed by atoms with van der Waals surface area (Å²) in [5, 5.41) is 3.25. The van der Waals surface area contributed by atoms with E-state index in [4.69, 9.17) is 0 Å². The van der Waals surface area contributed by atoms with Gasteiger partial charge in [0.1, 0.15) is 0 Å². The van der Waals surface area contributed by atoms with Gasteiger partial charge in [0.05, 0.1) is 4.90 Å². The number of hydrogen-bond acceptors (Lipinski definition) is 3. The van der Waals surface area contributed by atoms with Crippen LogP contribution in [0.3, 0.4) is 0 Å². The highest BCUT2D eigenvalue weighted by atomic mass is 32.2. The number of nitrogens with one attached hydrogen (secondary N) is 1. The Bertz CT molecular complexity index is 553. The van der Waals surface area contributed by atoms with E-state index in [0.29, 0.717) is 11.4 Å². The summed E-state index contributed by atoms with van der Waals surface area (Å²) in [6.45, 7) is 7.29. The molecule has 4 nitrogen and oxygen atoms in total. The van der Waals surface area contributed by atoms with Crippen LogP contribution in [-0.4, -0.2) is 31.9 Å². The lowest BCUT2D eigenvalue weighted by atomic mass is 10.2. The van der Waals surface area contributed by atoms with Crippen LogP contribution in [0, 0.1) is 0 Å². The molecule has 0 saturated heterocycles. The quantitative estimate of drug-likeness (QED) is 0.902. The molecule has 2 rings (SSSR count). The standard InChI is InChI=1S/C14H22N2O2S/c1-4-9-16(11(2)3)19(17,18)13-5-6-14-12(10-13)7-8-15-14/h5-6,10-11,15H,4,7-9H2,1-3H3. The molecule has 1 heterocycles. The SMILES string of the molecule is CCCN(C(C)C)S(=O)(=O)c1ccc2c(c1)CCN2. The summed E-state index contributed by atoms with van der Waals surface area (Å²) in [5.74, 6) is 0. The van der Waals surface area contributed by atoms with Crippen molar-refractivity contribution in [2.45, 2.75) is 44.6 Å². The molecule has 19 heavy (non-hydrogen) atoms. The molecule has 1 N–H and O–H groups in total. The highest BCUT2D eigenvalue weighted by Crippen LogP contribution is 2.27. The normalized spacial score (nSPS) is 14.8. The molecular formula is C14H22N2O2S. The molecule has 0 bridgehead atoms. The van der Waals surface area contributed by atoms with E-state index in [9.17, 15) is 8.42 Å². The second kappa shape index (κ2) is 5.51. The predicted octanol–water partition coefficient (Wildman–Crippen LogP) is 2.46. The first-order valence-corrected chi connectivity index (χ1v) is 8.29. The number of anilines is 1. The highest BCUT2D eigenvalue weighted by molar-refractivity contribution is 7.89. The minimum atomic E-state index is -3.38. The van der Waals surface area contributed by atoms with E-state index < -0.39 is 10.0 Å². The van der Waals surface area contributed by atoms with E-state index in [1.807, 2.05) is 32.9 Å². The molecule has 1 aromatic rings. The van der Waals surface area contributed by atoms with Gasteiger partial charge in [0.2, 0.25) is 10.0 Å². The number of hydrogen-bond donors (Lipinski definition) is 1. The van der Waals surface area contributed by atoms with Gasteiger partial charge in [0.15, 0.2) is 0 Å². The zero-order chi connectivity index (χ0) is 14.0. The first-order chi connectivity index (χ1) is 8.96. The van der Waals surface area contributed by atoms with Gasteiger partial charge in [-0.05, 0) is 50.5 Å². The molecule has 5 heteroatoms. The molecule has 0 atom stereocenters. The number of rotatable bonds is 5. The Kier molecular flexibility index (Phi) is 4.16. The maximum absolute atomic E-state index is 12.7. The summed E-state index contributed by atoms with van der Waals surface area (Å²) in [4.78, 5) is 0.414. The van der Waals surface area contributed by atoms with E-state index >= 15 is 0 Å². The molecule has 0 aliphatic carbocycles. The minimum absolute atomic E-state index is 0.0173. The zero-order valence-corrected chi connectivity index (χ0v) is 12.6. The van der Waals surface area contributed by atoms with E-state index in [0.717, 1.165) is 30.6 Å². The first-order valence-electron chi connectivity index (χ1n) is 6.85. The summed E-state index contributed by atoms with van der Waals surface area (Å²) in [6, 6.07) is 5.38. The third-order valence-corrected chi connectivity index (χ3v) is 5.48. The summed E-state index contributed by atoms with van der Waals surface area (Å²) in [6.07, 6.45) is 1.72. The van der Waals surface area contributed by atoms with Gasteiger partial charge in [-0.1, -0.05) is 6.92 Å². The Hall–Kier alpha value is -1.07. The van der Waals surface area contributed by atoms with Gasteiger partial charge in [0, 0.05) is 24.8 Å². The van der Waals surface area contributed by atoms with Crippen LogP contribution in [0.2, 0.25) is 0 Å². The summed E-state index contributed by atoms with van der Waals surface area (Å²) in [7, 11) is -3.38. The van der Waals surface area contributed by atoms with Crippen molar-refractivity contribution in [3.05, 3.63) is 23.8 Å². The molecule has 106 valence electrons. The molecule has 0 unspecified atom stereocenters. The second-order valence-corrected chi connectivity index (χ2v) is 7.10. The minimum Gasteiger partial charge on any atom is -0.384 e. The first kappa shape index (κ1) is 14.3. The van der Waals surface area contributed by atoms with Crippen LogP contribution in [0.15, 0.2) is 23.1 Å². The zero-order valence-electron chi connectivity index (χ0n) is 11.8. The highest BCUT2D eigenvalue weighted by Gasteiger charge is 2.27. The van der Waals surface area contributed by atoms with Crippen molar-refractivity contribution in [1.82, 2.24) is 4.31 Å². The van der Waals surface area contributed by atoms with Crippen LogP contribution in [0.1, 0.15) is 32.8 Å². The maximum Gasteiger partial charge on any atom is 0.243 e. The number of fused-ring (bicyclic) bond motifs is 1. The second-order valence-electron chi connectivity index (χ2n) is 5.21. The van der Waals surface area contributed by atoms with Crippen LogP contribution in [0.4, 0.5) is 5.69 Å². The fourth-order valence-corrected chi connectivity index (χ4v) is 4.23. The summed E-state index contributed by atoms with van der Waals surface area (Å²) in [5.41, 5.74) is 2.16. The molecule has 0 spiro atoms. The van der Waals surface area contributed by atoms with Crippen LogP contribution < -0.4 is 5.32 Å². The van der Waals surface area contributed by atoms with Gasteiger partial charge in [-0.3, -0.25) is 0 Å². The van der Waals surface area contributed by atoms with Crippen molar-refractivity contribution >= 4 is 15.7 Å². The summed E-state index contributed by atoms with van der Waals surface area (Å²) < 4.78 is 26.9. The Morgan fingerprint density at radius 3 is 2.74 bits per heavy atom. The van der Waals surface area contributed by atoms with Gasteiger partial charge in [0.25, 0.3) is 0 Å². The van der Waals surface area contributed by atoms with Crippen LogP contribution in [0.5, 0.6) is 0 Å².